The third-order valence-electron chi connectivity index (χ3n) is 3.88. The van der Waals surface area contributed by atoms with Crippen molar-refractivity contribution in [3.8, 4) is 0 Å². The molecule has 0 atom stereocenters. The Bertz CT molecular complexity index is 725. The van der Waals surface area contributed by atoms with Gasteiger partial charge in [0.15, 0.2) is 5.82 Å². The maximum absolute atomic E-state index is 12.4. The molecule has 8 heteroatoms. The highest BCUT2D eigenvalue weighted by Crippen LogP contribution is 2.24. The smallest absolute Gasteiger partial charge is 0.259 e. The molecule has 0 unspecified atom stereocenters. The molecule has 1 fully saturated rings. The van der Waals surface area contributed by atoms with Gasteiger partial charge in [-0.15, -0.1) is 0 Å². The first-order valence-corrected chi connectivity index (χ1v) is 8.18. The lowest BCUT2D eigenvalue weighted by molar-refractivity contribution is 0.102. The van der Waals surface area contributed by atoms with E-state index in [9.17, 15) is 4.79 Å². The Hall–Kier alpha value is -1.63. The zero-order valence-corrected chi connectivity index (χ0v) is 14.2. The number of aromatic nitrogens is 3. The average Bonchev–Trinajstić information content (AvgIpc) is 2.91. The molecule has 0 saturated carbocycles. The quantitative estimate of drug-likeness (QED) is 0.889. The minimum atomic E-state index is -0.357. The first-order chi connectivity index (χ1) is 11.0. The van der Waals surface area contributed by atoms with Crippen LogP contribution < -0.4 is 10.6 Å². The third kappa shape index (κ3) is 3.65. The SMILES string of the molecule is Cn1nc(C2CCNCC2)nc1NC(=O)c1cc(Cl)ccc1Cl. The molecule has 0 bridgehead atoms. The number of benzene rings is 1. The summed E-state index contributed by atoms with van der Waals surface area (Å²) in [7, 11) is 1.76. The van der Waals surface area contributed by atoms with Crippen molar-refractivity contribution in [2.45, 2.75) is 18.8 Å². The number of anilines is 1. The number of rotatable bonds is 3. The first-order valence-electron chi connectivity index (χ1n) is 7.42. The Balaban J connectivity index is 1.78. The predicted molar refractivity (Wildman–Crippen MR) is 90.3 cm³/mol. The number of nitrogens with one attached hydrogen (secondary N) is 2. The number of aryl methyl sites for hydroxylation is 1. The molecule has 2 heterocycles. The topological polar surface area (TPSA) is 71.8 Å². The average molecular weight is 354 g/mol. The van der Waals surface area contributed by atoms with E-state index in [1.165, 1.54) is 6.07 Å². The summed E-state index contributed by atoms with van der Waals surface area (Å²) in [5.41, 5.74) is 0.311. The van der Waals surface area contributed by atoms with E-state index in [-0.39, 0.29) is 5.91 Å². The molecular weight excluding hydrogens is 337 g/mol. The summed E-state index contributed by atoms with van der Waals surface area (Å²) in [4.78, 5) is 16.8. The van der Waals surface area contributed by atoms with Gasteiger partial charge in [-0.3, -0.25) is 10.1 Å². The van der Waals surface area contributed by atoms with Gasteiger partial charge < -0.3 is 5.32 Å². The molecule has 1 saturated heterocycles. The van der Waals surface area contributed by atoms with Crippen molar-refractivity contribution in [2.75, 3.05) is 18.4 Å². The molecule has 1 aromatic heterocycles. The van der Waals surface area contributed by atoms with Gasteiger partial charge in [-0.05, 0) is 44.1 Å². The zero-order chi connectivity index (χ0) is 16.4. The molecule has 6 nitrogen and oxygen atoms in total. The monoisotopic (exact) mass is 353 g/mol. The lowest BCUT2D eigenvalue weighted by Crippen LogP contribution is -2.27. The number of amides is 1. The van der Waals surface area contributed by atoms with Crippen LogP contribution in [0, 0.1) is 0 Å². The summed E-state index contributed by atoms with van der Waals surface area (Å²) in [6, 6.07) is 4.76. The van der Waals surface area contributed by atoms with Crippen LogP contribution in [0.1, 0.15) is 34.9 Å². The molecule has 2 aromatic rings. The summed E-state index contributed by atoms with van der Waals surface area (Å²) in [6.07, 6.45) is 2.00. The number of hydrogen-bond donors (Lipinski definition) is 2. The van der Waals surface area contributed by atoms with Crippen molar-refractivity contribution in [1.29, 1.82) is 0 Å². The summed E-state index contributed by atoms with van der Waals surface area (Å²) in [6.45, 7) is 1.92. The van der Waals surface area contributed by atoms with Gasteiger partial charge in [0.25, 0.3) is 5.91 Å². The summed E-state index contributed by atoms with van der Waals surface area (Å²) >= 11 is 12.0. The normalized spacial score (nSPS) is 15.6. The molecule has 1 amide bonds. The third-order valence-corrected chi connectivity index (χ3v) is 4.45. The van der Waals surface area contributed by atoms with Gasteiger partial charge in [-0.1, -0.05) is 23.2 Å². The fraction of sp³-hybridized carbons (Fsp3) is 0.400. The Kier molecular flexibility index (Phi) is 4.84. The number of carbonyl (C=O) groups is 1. The van der Waals surface area contributed by atoms with Gasteiger partial charge in [0.1, 0.15) is 0 Å². The number of nitrogens with zero attached hydrogens (tertiary/aromatic N) is 3. The Labute approximate surface area is 144 Å². The van der Waals surface area contributed by atoms with Crippen molar-refractivity contribution < 1.29 is 4.79 Å². The lowest BCUT2D eigenvalue weighted by atomic mass is 9.98. The zero-order valence-electron chi connectivity index (χ0n) is 12.6. The van der Waals surface area contributed by atoms with Crippen LogP contribution in [0.25, 0.3) is 0 Å². The van der Waals surface area contributed by atoms with Crippen LogP contribution in [-0.2, 0) is 7.05 Å². The lowest BCUT2D eigenvalue weighted by Gasteiger charge is -2.19. The van der Waals surface area contributed by atoms with Crippen molar-refractivity contribution in [2.24, 2.45) is 7.05 Å². The number of halogens is 2. The molecule has 1 aliphatic heterocycles. The van der Waals surface area contributed by atoms with E-state index in [0.717, 1.165) is 31.8 Å². The van der Waals surface area contributed by atoms with Crippen LogP contribution in [0.4, 0.5) is 5.95 Å². The van der Waals surface area contributed by atoms with Crippen LogP contribution in [0.5, 0.6) is 0 Å². The van der Waals surface area contributed by atoms with Crippen LogP contribution in [-0.4, -0.2) is 33.8 Å². The molecule has 2 N–H and O–H groups in total. The summed E-state index contributed by atoms with van der Waals surface area (Å²) in [5, 5.41) is 11.3. The summed E-state index contributed by atoms with van der Waals surface area (Å²) < 4.78 is 1.58. The van der Waals surface area contributed by atoms with E-state index in [1.807, 2.05) is 0 Å². The van der Waals surface area contributed by atoms with Crippen LogP contribution in [0.2, 0.25) is 10.0 Å². The standard InChI is InChI=1S/C15H17Cl2N5O/c1-22-15(19-13(21-22)9-4-6-18-7-5-9)20-14(23)11-8-10(16)2-3-12(11)17/h2-3,8-9,18H,4-7H2,1H3,(H,19,20,21,23). The van der Waals surface area contributed by atoms with E-state index >= 15 is 0 Å². The minimum Gasteiger partial charge on any atom is -0.317 e. The highest BCUT2D eigenvalue weighted by Gasteiger charge is 2.22. The second kappa shape index (κ2) is 6.86. The maximum Gasteiger partial charge on any atom is 0.259 e. The van der Waals surface area contributed by atoms with E-state index in [0.29, 0.717) is 27.5 Å². The predicted octanol–water partition coefficient (Wildman–Crippen LogP) is 2.84. The van der Waals surface area contributed by atoms with Gasteiger partial charge >= 0.3 is 0 Å². The van der Waals surface area contributed by atoms with Crippen LogP contribution in [0.3, 0.4) is 0 Å². The Morgan fingerprint density at radius 3 is 2.83 bits per heavy atom. The van der Waals surface area contributed by atoms with Gasteiger partial charge in [-0.25, -0.2) is 4.68 Å². The molecular formula is C15H17Cl2N5O. The van der Waals surface area contributed by atoms with E-state index in [1.54, 1.807) is 23.9 Å². The van der Waals surface area contributed by atoms with Crippen molar-refractivity contribution in [3.63, 3.8) is 0 Å². The number of hydrogen-bond acceptors (Lipinski definition) is 4. The summed E-state index contributed by atoms with van der Waals surface area (Å²) in [5.74, 6) is 1.13. The Morgan fingerprint density at radius 2 is 2.09 bits per heavy atom. The van der Waals surface area contributed by atoms with E-state index in [4.69, 9.17) is 23.2 Å². The molecule has 0 aliphatic carbocycles. The number of carbonyl (C=O) groups excluding carboxylic acids is 1. The maximum atomic E-state index is 12.4. The second-order valence-electron chi connectivity index (χ2n) is 5.52. The molecule has 1 aliphatic rings. The minimum absolute atomic E-state index is 0.311. The molecule has 23 heavy (non-hydrogen) atoms. The largest absolute Gasteiger partial charge is 0.317 e. The van der Waals surface area contributed by atoms with Gasteiger partial charge in [0, 0.05) is 18.0 Å². The molecule has 122 valence electrons. The van der Waals surface area contributed by atoms with Gasteiger partial charge in [0.2, 0.25) is 5.95 Å². The van der Waals surface area contributed by atoms with Crippen LogP contribution >= 0.6 is 23.2 Å². The molecule has 1 aromatic carbocycles. The van der Waals surface area contributed by atoms with E-state index in [2.05, 4.69) is 20.7 Å². The highest BCUT2D eigenvalue weighted by atomic mass is 35.5. The molecule has 3 rings (SSSR count). The van der Waals surface area contributed by atoms with Crippen molar-refractivity contribution in [1.82, 2.24) is 20.1 Å². The van der Waals surface area contributed by atoms with E-state index < -0.39 is 0 Å². The second-order valence-corrected chi connectivity index (χ2v) is 6.36. The van der Waals surface area contributed by atoms with Gasteiger partial charge in [0.05, 0.1) is 10.6 Å². The fourth-order valence-corrected chi connectivity index (χ4v) is 2.98. The first kappa shape index (κ1) is 16.2. The Morgan fingerprint density at radius 1 is 1.35 bits per heavy atom. The highest BCUT2D eigenvalue weighted by molar-refractivity contribution is 6.36. The van der Waals surface area contributed by atoms with Crippen molar-refractivity contribution >= 4 is 35.1 Å². The van der Waals surface area contributed by atoms with Gasteiger partial charge in [-0.2, -0.15) is 10.1 Å². The molecule has 0 spiro atoms. The van der Waals surface area contributed by atoms with Crippen LogP contribution in [0.15, 0.2) is 18.2 Å². The fourth-order valence-electron chi connectivity index (χ4n) is 2.61. The van der Waals surface area contributed by atoms with Crippen molar-refractivity contribution in [3.05, 3.63) is 39.6 Å². The number of piperidine rings is 1. The molecule has 0 radical (unpaired) electrons.